The fourth-order valence-corrected chi connectivity index (χ4v) is 3.75. The quantitative estimate of drug-likeness (QED) is 0.692. The Morgan fingerprint density at radius 3 is 2.76 bits per heavy atom. The van der Waals surface area contributed by atoms with Gasteiger partial charge < -0.3 is 5.32 Å². The first kappa shape index (κ1) is 19.9. The van der Waals surface area contributed by atoms with Crippen molar-refractivity contribution in [3.63, 3.8) is 0 Å². The molecule has 2 N–H and O–H groups in total. The smallest absolute Gasteiger partial charge is 0.343 e. The van der Waals surface area contributed by atoms with Crippen molar-refractivity contribution in [2.75, 3.05) is 0 Å². The van der Waals surface area contributed by atoms with Crippen LogP contribution in [0.2, 0.25) is 10.0 Å². The molecule has 136 valence electrons. The molecule has 0 saturated heterocycles. The van der Waals surface area contributed by atoms with E-state index in [4.69, 9.17) is 23.2 Å². The van der Waals surface area contributed by atoms with Crippen molar-refractivity contribution >= 4 is 40.9 Å². The Bertz CT molecular complexity index is 806. The van der Waals surface area contributed by atoms with Crippen LogP contribution in [-0.4, -0.2) is 25.9 Å². The molecule has 0 saturated carbocycles. The van der Waals surface area contributed by atoms with Crippen LogP contribution in [0.1, 0.15) is 38.8 Å². The molecule has 0 aliphatic rings. The summed E-state index contributed by atoms with van der Waals surface area (Å²) < 4.78 is 1.54. The number of halogens is 2. The summed E-state index contributed by atoms with van der Waals surface area (Å²) in [6, 6.07) is 4.90. The highest BCUT2D eigenvalue weighted by atomic mass is 35.5. The molecule has 6 nitrogen and oxygen atoms in total. The van der Waals surface area contributed by atoms with E-state index in [9.17, 15) is 9.59 Å². The van der Waals surface area contributed by atoms with Gasteiger partial charge in [0.1, 0.15) is 0 Å². The second kappa shape index (κ2) is 8.78. The van der Waals surface area contributed by atoms with Gasteiger partial charge in [0.15, 0.2) is 5.16 Å². The Morgan fingerprint density at radius 2 is 2.12 bits per heavy atom. The van der Waals surface area contributed by atoms with Crippen LogP contribution in [0, 0.1) is 0 Å². The number of aromatic amines is 1. The number of carbonyl (C=O) groups excluding carboxylic acids is 1. The second-order valence-electron chi connectivity index (χ2n) is 5.62. The predicted molar refractivity (Wildman–Crippen MR) is 101 cm³/mol. The fourth-order valence-electron chi connectivity index (χ4n) is 2.29. The largest absolute Gasteiger partial charge is 0.349 e. The molecule has 0 aliphatic carbocycles. The van der Waals surface area contributed by atoms with Gasteiger partial charge in [-0.05, 0) is 38.0 Å². The molecular formula is C16H20Cl2N4O2S. The van der Waals surface area contributed by atoms with Crippen molar-refractivity contribution in [3.05, 3.63) is 44.3 Å². The number of H-pyrrole nitrogens is 1. The van der Waals surface area contributed by atoms with E-state index < -0.39 is 5.25 Å². The Morgan fingerprint density at radius 1 is 1.40 bits per heavy atom. The second-order valence-corrected chi connectivity index (χ2v) is 7.77. The molecule has 1 heterocycles. The maximum Gasteiger partial charge on any atom is 0.343 e. The first-order valence-corrected chi connectivity index (χ1v) is 9.54. The van der Waals surface area contributed by atoms with E-state index >= 15 is 0 Å². The lowest BCUT2D eigenvalue weighted by Crippen LogP contribution is -2.33. The molecule has 0 unspecified atom stereocenters. The number of benzene rings is 1. The highest BCUT2D eigenvalue weighted by Gasteiger charge is 2.21. The van der Waals surface area contributed by atoms with Crippen LogP contribution in [0.4, 0.5) is 0 Å². The number of nitrogens with zero attached hydrogens (tertiary/aromatic N) is 2. The van der Waals surface area contributed by atoms with E-state index in [1.165, 1.54) is 16.3 Å². The van der Waals surface area contributed by atoms with Crippen molar-refractivity contribution in [3.8, 4) is 0 Å². The standard InChI is InChI=1S/C16H20Cl2N4O2S/c1-4-7-22-15(24)20-21-16(22)25-10(3)14(23)19-9(2)12-6-5-11(17)8-13(12)18/h5-6,8-10H,4,7H2,1-3H3,(H,19,23)(H,20,24)/t9-,10-/m0/s1. The number of aromatic nitrogens is 3. The summed E-state index contributed by atoms with van der Waals surface area (Å²) in [6.07, 6.45) is 0.805. The zero-order chi connectivity index (χ0) is 18.6. The average Bonchev–Trinajstić information content (AvgIpc) is 2.88. The molecule has 9 heteroatoms. The minimum Gasteiger partial charge on any atom is -0.349 e. The van der Waals surface area contributed by atoms with Gasteiger partial charge in [-0.15, -0.1) is 5.10 Å². The summed E-state index contributed by atoms with van der Waals surface area (Å²) in [4.78, 5) is 24.2. The number of nitrogens with one attached hydrogen (secondary N) is 2. The third-order valence-electron chi connectivity index (χ3n) is 3.61. The minimum atomic E-state index is -0.417. The molecule has 2 atom stereocenters. The zero-order valence-corrected chi connectivity index (χ0v) is 16.5. The molecule has 2 rings (SSSR count). The van der Waals surface area contributed by atoms with Crippen molar-refractivity contribution in [1.82, 2.24) is 20.1 Å². The van der Waals surface area contributed by atoms with Gasteiger partial charge in [-0.25, -0.2) is 9.89 Å². The van der Waals surface area contributed by atoms with Gasteiger partial charge in [0.2, 0.25) is 5.91 Å². The van der Waals surface area contributed by atoms with E-state index in [1.54, 1.807) is 25.1 Å². The number of thioether (sulfide) groups is 1. The Labute approximate surface area is 160 Å². The van der Waals surface area contributed by atoms with Gasteiger partial charge in [-0.1, -0.05) is 48.0 Å². The van der Waals surface area contributed by atoms with Gasteiger partial charge >= 0.3 is 5.69 Å². The molecule has 1 aromatic carbocycles. The highest BCUT2D eigenvalue weighted by Crippen LogP contribution is 2.27. The number of carbonyl (C=O) groups is 1. The summed E-state index contributed by atoms with van der Waals surface area (Å²) in [7, 11) is 0. The number of rotatable bonds is 7. The van der Waals surface area contributed by atoms with Crippen LogP contribution in [0.3, 0.4) is 0 Å². The lowest BCUT2D eigenvalue weighted by molar-refractivity contribution is -0.120. The summed E-state index contributed by atoms with van der Waals surface area (Å²) in [6.45, 7) is 6.15. The minimum absolute atomic E-state index is 0.165. The van der Waals surface area contributed by atoms with Gasteiger partial charge in [0.25, 0.3) is 0 Å². The molecule has 1 aromatic heterocycles. The predicted octanol–water partition coefficient (Wildman–Crippen LogP) is 3.65. The monoisotopic (exact) mass is 402 g/mol. The van der Waals surface area contributed by atoms with Crippen LogP contribution in [0.15, 0.2) is 28.2 Å². The molecule has 0 aliphatic heterocycles. The highest BCUT2D eigenvalue weighted by molar-refractivity contribution is 8.00. The summed E-state index contributed by atoms with van der Waals surface area (Å²) in [5.74, 6) is -0.165. The van der Waals surface area contributed by atoms with Gasteiger partial charge in [0, 0.05) is 16.6 Å². The lowest BCUT2D eigenvalue weighted by Gasteiger charge is -2.18. The Hall–Kier alpha value is -1.44. The van der Waals surface area contributed by atoms with Crippen LogP contribution < -0.4 is 11.0 Å². The number of hydrogen-bond donors (Lipinski definition) is 2. The third kappa shape index (κ3) is 5.03. The maximum absolute atomic E-state index is 12.5. The Kier molecular flexibility index (Phi) is 6.98. The first-order chi connectivity index (χ1) is 11.8. The van der Waals surface area contributed by atoms with Crippen molar-refractivity contribution in [1.29, 1.82) is 0 Å². The fraction of sp³-hybridized carbons (Fsp3) is 0.438. The summed E-state index contributed by atoms with van der Waals surface area (Å²) in [5.41, 5.74) is 0.526. The van der Waals surface area contributed by atoms with Crippen LogP contribution >= 0.6 is 35.0 Å². The normalized spacial score (nSPS) is 13.5. The molecule has 25 heavy (non-hydrogen) atoms. The van der Waals surface area contributed by atoms with E-state index in [1.807, 2.05) is 13.8 Å². The average molecular weight is 403 g/mol. The molecule has 0 bridgehead atoms. The number of amides is 1. The van der Waals surface area contributed by atoms with E-state index in [0.29, 0.717) is 21.7 Å². The van der Waals surface area contributed by atoms with Gasteiger partial charge in [-0.2, -0.15) is 0 Å². The molecule has 0 radical (unpaired) electrons. The van der Waals surface area contributed by atoms with E-state index in [2.05, 4.69) is 15.5 Å². The van der Waals surface area contributed by atoms with Crippen molar-refractivity contribution < 1.29 is 4.79 Å². The van der Waals surface area contributed by atoms with Crippen LogP contribution in [0.25, 0.3) is 0 Å². The van der Waals surface area contributed by atoms with E-state index in [-0.39, 0.29) is 17.6 Å². The first-order valence-electron chi connectivity index (χ1n) is 7.90. The van der Waals surface area contributed by atoms with Gasteiger partial charge in [0.05, 0.1) is 11.3 Å². The molecule has 0 fully saturated rings. The van der Waals surface area contributed by atoms with Crippen LogP contribution in [0.5, 0.6) is 0 Å². The molecule has 0 spiro atoms. The third-order valence-corrected chi connectivity index (χ3v) is 5.26. The molecular weight excluding hydrogens is 383 g/mol. The molecule has 2 aromatic rings. The SMILES string of the molecule is CCCn1c(S[C@@H](C)C(=O)N[C@@H](C)c2ccc(Cl)cc2Cl)n[nH]c1=O. The lowest BCUT2D eigenvalue weighted by atomic mass is 10.1. The topological polar surface area (TPSA) is 79.8 Å². The van der Waals surface area contributed by atoms with Crippen molar-refractivity contribution in [2.45, 2.75) is 50.2 Å². The Balaban J connectivity index is 2.04. The van der Waals surface area contributed by atoms with Gasteiger partial charge in [-0.3, -0.25) is 9.36 Å². The summed E-state index contributed by atoms with van der Waals surface area (Å²) in [5, 5.41) is 10.5. The van der Waals surface area contributed by atoms with Crippen LogP contribution in [-0.2, 0) is 11.3 Å². The summed E-state index contributed by atoms with van der Waals surface area (Å²) >= 11 is 13.3. The van der Waals surface area contributed by atoms with Crippen molar-refractivity contribution in [2.24, 2.45) is 0 Å². The zero-order valence-electron chi connectivity index (χ0n) is 14.2. The maximum atomic E-state index is 12.5. The van der Waals surface area contributed by atoms with E-state index in [0.717, 1.165) is 12.0 Å². The molecule has 1 amide bonds. The number of hydrogen-bond acceptors (Lipinski definition) is 4.